The fraction of sp³-hybridized carbons (Fsp3) is 0.900. The molecule has 0 aliphatic heterocycles. The van der Waals surface area contributed by atoms with E-state index < -0.39 is 20.7 Å². The number of rotatable bonds is 1. The maximum Gasteiger partial charge on any atom is 0.235 e. The van der Waals surface area contributed by atoms with Crippen molar-refractivity contribution < 1.29 is 13.2 Å². The average Bonchev–Trinajstić information content (AvgIpc) is 2.33. The predicted molar refractivity (Wildman–Crippen MR) is 55.4 cm³/mol. The second-order valence-corrected chi connectivity index (χ2v) is 7.13. The largest absolute Gasteiger partial charge is 0.298 e. The van der Waals surface area contributed by atoms with Crippen LogP contribution >= 0.6 is 0 Å². The summed E-state index contributed by atoms with van der Waals surface area (Å²) in [6.45, 7) is 5.75. The molecule has 0 saturated heterocycles. The lowest BCUT2D eigenvalue weighted by Crippen LogP contribution is -2.39. The van der Waals surface area contributed by atoms with Gasteiger partial charge in [-0.3, -0.25) is 4.79 Å². The summed E-state index contributed by atoms with van der Waals surface area (Å²) in [6.07, 6.45) is 1.51. The van der Waals surface area contributed by atoms with Gasteiger partial charge in [-0.2, -0.15) is 0 Å². The standard InChI is InChI=1S/C10H16NO3S/c1-9(2)6-4-5-10(9,3)8(12)7(6)15(11,13)14/h6-7,11H,4-5H2,1-3H3. The molecule has 3 atom stereocenters. The van der Waals surface area contributed by atoms with Gasteiger partial charge in [-0.15, -0.1) is 5.14 Å². The highest BCUT2D eigenvalue weighted by atomic mass is 32.2. The smallest absolute Gasteiger partial charge is 0.235 e. The van der Waals surface area contributed by atoms with Crippen LogP contribution in [0.25, 0.3) is 0 Å². The van der Waals surface area contributed by atoms with Gasteiger partial charge in [-0.05, 0) is 24.2 Å². The molecule has 0 aromatic rings. The van der Waals surface area contributed by atoms with Crippen LogP contribution < -0.4 is 5.14 Å². The summed E-state index contributed by atoms with van der Waals surface area (Å²) in [5.41, 5.74) is -0.834. The van der Waals surface area contributed by atoms with Crippen LogP contribution in [0.5, 0.6) is 0 Å². The van der Waals surface area contributed by atoms with Crippen LogP contribution in [0.2, 0.25) is 0 Å². The van der Waals surface area contributed by atoms with Gasteiger partial charge in [0.05, 0.1) is 0 Å². The Hall–Kier alpha value is -0.420. The van der Waals surface area contributed by atoms with E-state index in [1.54, 1.807) is 0 Å². The van der Waals surface area contributed by atoms with Crippen molar-refractivity contribution >= 4 is 15.8 Å². The topological polar surface area (TPSA) is 75.0 Å². The SMILES string of the molecule is CC12CCC(C(S([NH])(=O)=O)C1=O)C2(C)C. The summed E-state index contributed by atoms with van der Waals surface area (Å²) in [6, 6.07) is 0. The molecule has 2 bridgehead atoms. The number of carbonyl (C=O) groups excluding carboxylic acids is 1. The molecule has 4 nitrogen and oxygen atoms in total. The average molecular weight is 230 g/mol. The summed E-state index contributed by atoms with van der Waals surface area (Å²) in [5.74, 6) is -0.406. The van der Waals surface area contributed by atoms with Gasteiger partial charge in [-0.1, -0.05) is 20.8 Å². The maximum absolute atomic E-state index is 12.1. The summed E-state index contributed by atoms with van der Waals surface area (Å²) in [4.78, 5) is 12.1. The van der Waals surface area contributed by atoms with E-state index in [0.717, 1.165) is 12.8 Å². The summed E-state index contributed by atoms with van der Waals surface area (Å²) < 4.78 is 22.6. The zero-order valence-electron chi connectivity index (χ0n) is 9.20. The van der Waals surface area contributed by atoms with Crippen molar-refractivity contribution in [1.29, 1.82) is 0 Å². The Labute approximate surface area is 90.3 Å². The number of hydrogen-bond acceptors (Lipinski definition) is 3. The monoisotopic (exact) mass is 230 g/mol. The molecule has 2 saturated carbocycles. The normalized spacial score (nSPS) is 43.6. The second-order valence-electron chi connectivity index (χ2n) is 5.53. The molecular formula is C10H16NO3S. The van der Waals surface area contributed by atoms with Crippen molar-refractivity contribution in [3.05, 3.63) is 0 Å². The molecule has 0 spiro atoms. The minimum atomic E-state index is -3.99. The van der Waals surface area contributed by atoms with Crippen LogP contribution in [0.15, 0.2) is 0 Å². The molecule has 0 amide bonds. The molecule has 2 aliphatic rings. The predicted octanol–water partition coefficient (Wildman–Crippen LogP) is 0.993. The van der Waals surface area contributed by atoms with Crippen molar-refractivity contribution in [3.8, 4) is 0 Å². The van der Waals surface area contributed by atoms with Crippen LogP contribution in [0.1, 0.15) is 33.6 Å². The van der Waals surface area contributed by atoms with E-state index in [-0.39, 0.29) is 17.1 Å². The first-order valence-corrected chi connectivity index (χ1v) is 6.70. The lowest BCUT2D eigenvalue weighted by molar-refractivity contribution is -0.127. The molecule has 1 radical (unpaired) electrons. The summed E-state index contributed by atoms with van der Waals surface area (Å²) >= 11 is 0. The van der Waals surface area contributed by atoms with Gasteiger partial charge in [0, 0.05) is 5.41 Å². The Morgan fingerprint density at radius 2 is 1.87 bits per heavy atom. The number of ketones is 1. The first-order valence-electron chi connectivity index (χ1n) is 5.15. The summed E-state index contributed by atoms with van der Waals surface area (Å²) in [5, 5.41) is 6.05. The van der Waals surface area contributed by atoms with Gasteiger partial charge in [0.1, 0.15) is 5.25 Å². The van der Waals surface area contributed by atoms with E-state index in [1.165, 1.54) is 0 Å². The molecule has 2 rings (SSSR count). The lowest BCUT2D eigenvalue weighted by atomic mass is 9.70. The molecule has 0 heterocycles. The Kier molecular flexibility index (Phi) is 1.94. The number of carbonyl (C=O) groups is 1. The third-order valence-electron chi connectivity index (χ3n) is 4.81. The highest BCUT2D eigenvalue weighted by molar-refractivity contribution is 7.90. The van der Waals surface area contributed by atoms with Gasteiger partial charge < -0.3 is 0 Å². The van der Waals surface area contributed by atoms with Crippen molar-refractivity contribution in [3.63, 3.8) is 0 Å². The highest BCUT2D eigenvalue weighted by Crippen LogP contribution is 2.64. The van der Waals surface area contributed by atoms with Crippen molar-refractivity contribution in [1.82, 2.24) is 5.14 Å². The van der Waals surface area contributed by atoms with Crippen LogP contribution in [-0.4, -0.2) is 19.5 Å². The number of nitrogens with one attached hydrogen (secondary N) is 1. The zero-order valence-corrected chi connectivity index (χ0v) is 10.0. The van der Waals surface area contributed by atoms with Crippen LogP contribution in [0.4, 0.5) is 0 Å². The lowest BCUT2D eigenvalue weighted by Gasteiger charge is -2.32. The first-order chi connectivity index (χ1) is 6.62. The van der Waals surface area contributed by atoms with Gasteiger partial charge in [0.15, 0.2) is 5.78 Å². The molecule has 85 valence electrons. The minimum Gasteiger partial charge on any atom is -0.298 e. The Morgan fingerprint density at radius 1 is 1.33 bits per heavy atom. The number of hydrogen-bond donors (Lipinski definition) is 0. The molecule has 1 N–H and O–H groups in total. The third-order valence-corrected chi connectivity index (χ3v) is 6.02. The fourth-order valence-electron chi connectivity index (χ4n) is 3.36. The second kappa shape index (κ2) is 2.63. The Balaban J connectivity index is 2.57. The molecule has 3 unspecified atom stereocenters. The van der Waals surface area contributed by atoms with E-state index in [1.807, 2.05) is 20.8 Å². The van der Waals surface area contributed by atoms with Crippen molar-refractivity contribution in [2.45, 2.75) is 38.9 Å². The van der Waals surface area contributed by atoms with Crippen molar-refractivity contribution in [2.75, 3.05) is 0 Å². The molecular weight excluding hydrogens is 214 g/mol. The minimum absolute atomic E-state index is 0.169. The van der Waals surface area contributed by atoms with E-state index in [2.05, 4.69) is 0 Å². The molecule has 15 heavy (non-hydrogen) atoms. The Morgan fingerprint density at radius 3 is 2.13 bits per heavy atom. The maximum atomic E-state index is 12.1. The molecule has 0 aromatic carbocycles. The van der Waals surface area contributed by atoms with Gasteiger partial charge in [0.25, 0.3) is 0 Å². The van der Waals surface area contributed by atoms with Crippen LogP contribution in [0.3, 0.4) is 0 Å². The Bertz CT molecular complexity index is 426. The zero-order chi connectivity index (χ0) is 11.6. The molecule has 5 heteroatoms. The fourth-order valence-corrected chi connectivity index (χ4v) is 4.81. The summed E-state index contributed by atoms with van der Waals surface area (Å²) in [7, 11) is -3.99. The van der Waals surface area contributed by atoms with Crippen LogP contribution in [0, 0.1) is 16.7 Å². The van der Waals surface area contributed by atoms with E-state index in [4.69, 9.17) is 5.14 Å². The molecule has 2 fully saturated rings. The van der Waals surface area contributed by atoms with E-state index in [9.17, 15) is 13.2 Å². The quantitative estimate of drug-likeness (QED) is 0.674. The highest BCUT2D eigenvalue weighted by Gasteiger charge is 2.69. The third kappa shape index (κ3) is 1.11. The van der Waals surface area contributed by atoms with E-state index in [0.29, 0.717) is 0 Å². The van der Waals surface area contributed by atoms with Crippen LogP contribution in [-0.2, 0) is 14.8 Å². The number of fused-ring (bicyclic) bond motifs is 2. The number of Topliss-reactive ketones (excluding diaryl/α,β-unsaturated/α-hetero) is 1. The van der Waals surface area contributed by atoms with Gasteiger partial charge in [0.2, 0.25) is 10.0 Å². The number of sulfonamides is 1. The van der Waals surface area contributed by atoms with Crippen molar-refractivity contribution in [2.24, 2.45) is 16.7 Å². The van der Waals surface area contributed by atoms with E-state index >= 15 is 0 Å². The first kappa shape index (κ1) is 11.1. The molecule has 0 aromatic heterocycles. The van der Waals surface area contributed by atoms with Gasteiger partial charge in [-0.25, -0.2) is 8.42 Å². The van der Waals surface area contributed by atoms with Gasteiger partial charge >= 0.3 is 0 Å². The molecule has 2 aliphatic carbocycles.